The van der Waals surface area contributed by atoms with E-state index in [9.17, 15) is 9.59 Å². The predicted octanol–water partition coefficient (Wildman–Crippen LogP) is 2.98. The van der Waals surface area contributed by atoms with Gasteiger partial charge in [-0.05, 0) is 47.5 Å². The Morgan fingerprint density at radius 3 is 2.51 bits per heavy atom. The first-order valence-electron chi connectivity index (χ1n) is 11.1. The summed E-state index contributed by atoms with van der Waals surface area (Å²) in [5.41, 5.74) is 9.92. The maximum Gasteiger partial charge on any atom is 0.325 e. The van der Waals surface area contributed by atoms with Crippen LogP contribution in [-0.4, -0.2) is 42.0 Å². The first kappa shape index (κ1) is 23.8. The number of anilines is 1. The first-order valence-corrected chi connectivity index (χ1v) is 11.1. The average molecular weight is 474 g/mol. The van der Waals surface area contributed by atoms with Crippen LogP contribution in [0.5, 0.6) is 5.75 Å². The van der Waals surface area contributed by atoms with Gasteiger partial charge in [-0.2, -0.15) is 0 Å². The molecule has 0 bridgehead atoms. The van der Waals surface area contributed by atoms with Gasteiger partial charge in [-0.1, -0.05) is 24.3 Å². The van der Waals surface area contributed by atoms with E-state index in [1.54, 1.807) is 29.8 Å². The summed E-state index contributed by atoms with van der Waals surface area (Å²) in [7, 11) is 2.93. The maximum atomic E-state index is 13.1. The fourth-order valence-corrected chi connectivity index (χ4v) is 3.74. The number of nitrogens with two attached hydrogens (primary N) is 1. The first-order chi connectivity index (χ1) is 17.0. The summed E-state index contributed by atoms with van der Waals surface area (Å²) < 4.78 is 11.8. The highest BCUT2D eigenvalue weighted by molar-refractivity contribution is 6.01. The molecule has 0 spiro atoms. The van der Waals surface area contributed by atoms with Crippen LogP contribution in [-0.2, 0) is 22.6 Å². The lowest BCUT2D eigenvalue weighted by atomic mass is 10.1. The number of carbonyl (C=O) groups excluding carboxylic acids is 2. The lowest BCUT2D eigenvalue weighted by Crippen LogP contribution is -2.23. The zero-order valence-corrected chi connectivity index (χ0v) is 19.6. The van der Waals surface area contributed by atoms with Gasteiger partial charge in [0.25, 0.3) is 5.91 Å². The molecule has 180 valence electrons. The topological polar surface area (TPSA) is 120 Å². The molecule has 9 heteroatoms. The van der Waals surface area contributed by atoms with Gasteiger partial charge in [0.05, 0.1) is 19.8 Å². The normalized spacial score (nSPS) is 10.7. The zero-order valence-electron chi connectivity index (χ0n) is 19.6. The summed E-state index contributed by atoms with van der Waals surface area (Å²) in [6, 6.07) is 18.6. The summed E-state index contributed by atoms with van der Waals surface area (Å²) in [5, 5.41) is 6.06. The summed E-state index contributed by atoms with van der Waals surface area (Å²) in [6.07, 6.45) is 1.79. The van der Waals surface area contributed by atoms with Crippen molar-refractivity contribution < 1.29 is 19.1 Å². The van der Waals surface area contributed by atoms with Crippen LogP contribution in [0.15, 0.2) is 66.9 Å². The van der Waals surface area contributed by atoms with Gasteiger partial charge in [0.2, 0.25) is 0 Å². The number of imidazole rings is 1. The largest absolute Gasteiger partial charge is 0.497 e. The Morgan fingerprint density at radius 1 is 1.03 bits per heavy atom. The molecule has 0 aliphatic heterocycles. The number of aromatic nitrogens is 2. The van der Waals surface area contributed by atoms with Crippen LogP contribution in [0.1, 0.15) is 21.5 Å². The monoisotopic (exact) mass is 473 g/mol. The fraction of sp³-hybridized carbons (Fsp3) is 0.192. The van der Waals surface area contributed by atoms with E-state index in [0.717, 1.165) is 16.7 Å². The molecule has 0 unspecified atom stereocenters. The number of carbonyl (C=O) groups is 2. The fourth-order valence-electron chi connectivity index (χ4n) is 3.74. The number of esters is 1. The van der Waals surface area contributed by atoms with Gasteiger partial charge >= 0.3 is 5.97 Å². The number of methoxy groups -OCH3 is 2. The number of rotatable bonds is 9. The van der Waals surface area contributed by atoms with Gasteiger partial charge in [-0.15, -0.1) is 0 Å². The molecule has 0 atom stereocenters. The summed E-state index contributed by atoms with van der Waals surface area (Å²) in [6.45, 7) is 0.735. The van der Waals surface area contributed by atoms with Gasteiger partial charge in [0.15, 0.2) is 5.65 Å². The second-order valence-electron chi connectivity index (χ2n) is 7.79. The van der Waals surface area contributed by atoms with Crippen molar-refractivity contribution in [1.29, 1.82) is 0 Å². The van der Waals surface area contributed by atoms with Crippen molar-refractivity contribution in [2.24, 2.45) is 5.73 Å². The highest BCUT2D eigenvalue weighted by atomic mass is 16.5. The Kier molecular flexibility index (Phi) is 7.27. The number of amides is 1. The highest BCUT2D eigenvalue weighted by Crippen LogP contribution is 2.31. The molecule has 2 aromatic carbocycles. The van der Waals surface area contributed by atoms with E-state index in [1.165, 1.54) is 7.11 Å². The third kappa shape index (κ3) is 5.25. The molecule has 0 fully saturated rings. The molecule has 1 amide bonds. The number of benzene rings is 2. The molecule has 9 nitrogen and oxygen atoms in total. The van der Waals surface area contributed by atoms with Gasteiger partial charge in [-0.3, -0.25) is 14.0 Å². The Morgan fingerprint density at radius 2 is 1.80 bits per heavy atom. The van der Waals surface area contributed by atoms with Crippen LogP contribution in [0, 0.1) is 0 Å². The van der Waals surface area contributed by atoms with Crippen molar-refractivity contribution in [3.8, 4) is 17.0 Å². The van der Waals surface area contributed by atoms with Gasteiger partial charge < -0.3 is 25.8 Å². The number of fused-ring (bicyclic) bond motifs is 1. The number of hydrogen-bond donors (Lipinski definition) is 3. The van der Waals surface area contributed by atoms with E-state index < -0.39 is 5.97 Å². The van der Waals surface area contributed by atoms with E-state index in [4.69, 9.17) is 20.2 Å². The number of nitrogens with one attached hydrogen (secondary N) is 2. The number of ether oxygens (including phenoxy) is 2. The lowest BCUT2D eigenvalue weighted by Gasteiger charge is -2.10. The Bertz CT molecular complexity index is 1350. The van der Waals surface area contributed by atoms with Crippen LogP contribution in [0.2, 0.25) is 0 Å². The van der Waals surface area contributed by atoms with E-state index in [2.05, 4.69) is 10.6 Å². The Labute approximate surface area is 202 Å². The number of nitrogens with zero attached hydrogens (tertiary/aromatic N) is 2. The molecule has 4 rings (SSSR count). The van der Waals surface area contributed by atoms with E-state index in [-0.39, 0.29) is 12.5 Å². The predicted molar refractivity (Wildman–Crippen MR) is 133 cm³/mol. The molecule has 0 aliphatic carbocycles. The standard InChI is InChI=1S/C26H27N5O4/c1-34-20-10-8-19(9-11-20)23-25(28-16-22(32)35-2)31-12-4-7-21(24(31)30-23)26(33)29-15-18-6-3-5-17(13-18)14-27/h3-13,28H,14-16,27H2,1-2H3,(H,29,33). The molecule has 4 aromatic rings. The van der Waals surface area contributed by atoms with Crippen molar-refractivity contribution >= 4 is 23.3 Å². The van der Waals surface area contributed by atoms with Crippen LogP contribution in [0.25, 0.3) is 16.9 Å². The van der Waals surface area contributed by atoms with Gasteiger partial charge in [-0.25, -0.2) is 4.98 Å². The van der Waals surface area contributed by atoms with Crippen molar-refractivity contribution in [3.63, 3.8) is 0 Å². The summed E-state index contributed by atoms with van der Waals surface area (Å²) in [4.78, 5) is 29.7. The van der Waals surface area contributed by atoms with Crippen molar-refractivity contribution in [3.05, 3.63) is 83.6 Å². The molecule has 0 aliphatic rings. The lowest BCUT2D eigenvalue weighted by molar-refractivity contribution is -0.138. The zero-order chi connectivity index (χ0) is 24.8. The Hall–Kier alpha value is -4.37. The molecule has 2 aromatic heterocycles. The maximum absolute atomic E-state index is 13.1. The van der Waals surface area contributed by atoms with E-state index >= 15 is 0 Å². The van der Waals surface area contributed by atoms with Crippen molar-refractivity contribution in [2.75, 3.05) is 26.1 Å². The average Bonchev–Trinajstić information content (AvgIpc) is 3.29. The summed E-state index contributed by atoms with van der Waals surface area (Å²) in [5.74, 6) is 0.593. The molecule has 0 saturated heterocycles. The second kappa shape index (κ2) is 10.7. The van der Waals surface area contributed by atoms with Crippen LogP contribution in [0.3, 0.4) is 0 Å². The van der Waals surface area contributed by atoms with Crippen molar-refractivity contribution in [1.82, 2.24) is 14.7 Å². The highest BCUT2D eigenvalue weighted by Gasteiger charge is 2.20. The third-order valence-electron chi connectivity index (χ3n) is 5.57. The second-order valence-corrected chi connectivity index (χ2v) is 7.79. The SMILES string of the molecule is COC(=O)CNc1c(-c2ccc(OC)cc2)nc2c(C(=O)NCc3cccc(CN)c3)cccn12. The molecule has 4 N–H and O–H groups in total. The minimum absolute atomic E-state index is 0.0542. The molecular formula is C26H27N5O4. The minimum atomic E-state index is -0.422. The van der Waals surface area contributed by atoms with Crippen LogP contribution in [0.4, 0.5) is 5.82 Å². The quantitative estimate of drug-likeness (QED) is 0.320. The minimum Gasteiger partial charge on any atom is -0.497 e. The van der Waals surface area contributed by atoms with Crippen molar-refractivity contribution in [2.45, 2.75) is 13.1 Å². The molecule has 35 heavy (non-hydrogen) atoms. The summed E-state index contributed by atoms with van der Waals surface area (Å²) >= 11 is 0. The van der Waals surface area contributed by atoms with Crippen LogP contribution < -0.4 is 21.1 Å². The number of hydrogen-bond acceptors (Lipinski definition) is 7. The van der Waals surface area contributed by atoms with E-state index in [0.29, 0.717) is 41.6 Å². The number of pyridine rings is 1. The smallest absolute Gasteiger partial charge is 0.325 e. The third-order valence-corrected chi connectivity index (χ3v) is 5.57. The molecule has 0 radical (unpaired) electrons. The van der Waals surface area contributed by atoms with Gasteiger partial charge in [0, 0.05) is 24.8 Å². The molecule has 2 heterocycles. The Balaban J connectivity index is 1.69. The molecular weight excluding hydrogens is 446 g/mol. The van der Waals surface area contributed by atoms with E-state index in [1.807, 2.05) is 48.5 Å². The van der Waals surface area contributed by atoms with Crippen LogP contribution >= 0.6 is 0 Å². The van der Waals surface area contributed by atoms with Gasteiger partial charge in [0.1, 0.15) is 23.8 Å². The molecule has 0 saturated carbocycles.